The van der Waals surface area contributed by atoms with E-state index >= 15 is 0 Å². The summed E-state index contributed by atoms with van der Waals surface area (Å²) in [4.78, 5) is 70.4. The van der Waals surface area contributed by atoms with Gasteiger partial charge in [-0.05, 0) is 0 Å². The van der Waals surface area contributed by atoms with E-state index in [1.807, 2.05) is 7.05 Å². The molecule has 6 bridgehead atoms. The van der Waals surface area contributed by atoms with E-state index in [0.717, 1.165) is 25.7 Å². The molecule has 6 aliphatic rings. The van der Waals surface area contributed by atoms with Gasteiger partial charge in [0.05, 0.1) is 0 Å². The molecular formula is C42H42GeN16O2. The second kappa shape index (κ2) is 14.1. The first kappa shape index (κ1) is 36.9. The number of amidine groups is 4. The Balaban J connectivity index is 1.28. The average molecular weight is 876 g/mol. The molecular weight excluding hydrogens is 833 g/mol. The van der Waals surface area contributed by atoms with Crippen LogP contribution < -0.4 is 11.0 Å². The predicted molar refractivity (Wildman–Crippen MR) is 227 cm³/mol. The van der Waals surface area contributed by atoms with E-state index in [1.54, 1.807) is 49.6 Å². The molecule has 18 nitrogen and oxygen atoms in total. The van der Waals surface area contributed by atoms with Gasteiger partial charge in [0, 0.05) is 0 Å². The van der Waals surface area contributed by atoms with E-state index < -0.39 is 14.4 Å². The molecule has 0 saturated heterocycles. The van der Waals surface area contributed by atoms with Crippen molar-refractivity contribution in [1.29, 1.82) is 0 Å². The van der Waals surface area contributed by atoms with Crippen LogP contribution in [0.5, 0.6) is 0 Å². The quantitative estimate of drug-likeness (QED) is 0.211. The normalized spacial score (nSPS) is 27.3. The third-order valence-corrected chi connectivity index (χ3v) is 20.1. The van der Waals surface area contributed by atoms with Crippen LogP contribution in [-0.4, -0.2) is 97.9 Å². The van der Waals surface area contributed by atoms with E-state index in [4.69, 9.17) is 77.4 Å². The molecule has 61 heavy (non-hydrogen) atoms. The molecule has 0 N–H and O–H groups in total. The Morgan fingerprint density at radius 3 is 1.18 bits per heavy atom. The van der Waals surface area contributed by atoms with Gasteiger partial charge in [-0.2, -0.15) is 0 Å². The van der Waals surface area contributed by atoms with Crippen LogP contribution in [0.25, 0.3) is 22.1 Å². The van der Waals surface area contributed by atoms with Gasteiger partial charge in [-0.15, -0.1) is 0 Å². The molecule has 19 heteroatoms. The van der Waals surface area contributed by atoms with Crippen LogP contribution in [-0.2, 0) is 7.53 Å². The van der Waals surface area contributed by atoms with Crippen LogP contribution >= 0.6 is 0 Å². The predicted octanol–water partition coefficient (Wildman–Crippen LogP) is 4.71. The van der Waals surface area contributed by atoms with Crippen molar-refractivity contribution >= 4 is 71.4 Å². The van der Waals surface area contributed by atoms with Crippen LogP contribution in [0.2, 0.25) is 0 Å². The van der Waals surface area contributed by atoms with Crippen molar-refractivity contribution in [3.8, 4) is 0 Å². The third kappa shape index (κ3) is 5.60. The molecule has 2 fully saturated rings. The summed E-state index contributed by atoms with van der Waals surface area (Å²) in [5, 5.41) is 0. The zero-order valence-electron chi connectivity index (χ0n) is 34.2. The van der Waals surface area contributed by atoms with Crippen LogP contribution in [0.1, 0.15) is 89.0 Å². The van der Waals surface area contributed by atoms with E-state index in [-0.39, 0.29) is 11.8 Å². The van der Waals surface area contributed by atoms with Gasteiger partial charge in [-0.1, -0.05) is 0 Å². The molecule has 4 unspecified atom stereocenters. The number of rotatable bonds is 6. The minimum absolute atomic E-state index is 0.236. The molecule has 2 saturated carbocycles. The maximum atomic E-state index is 7.93. The Morgan fingerprint density at radius 1 is 0.443 bits per heavy atom. The first-order valence-electron chi connectivity index (χ1n) is 21.3. The Labute approximate surface area is 352 Å². The van der Waals surface area contributed by atoms with E-state index in [2.05, 4.69) is 27.7 Å². The van der Waals surface area contributed by atoms with Gasteiger partial charge in [0.2, 0.25) is 0 Å². The maximum absolute atomic E-state index is 7.93. The fourth-order valence-electron chi connectivity index (χ4n) is 10.3. The third-order valence-electron chi connectivity index (χ3n) is 13.7. The van der Waals surface area contributed by atoms with Gasteiger partial charge >= 0.3 is 354 Å². The summed E-state index contributed by atoms with van der Waals surface area (Å²) < 4.78 is 19.9. The summed E-state index contributed by atoms with van der Waals surface area (Å²) in [6, 6.07) is 0. The Kier molecular flexibility index (Phi) is 8.54. The zero-order valence-corrected chi connectivity index (χ0v) is 36.3. The molecule has 4 atom stereocenters. The van der Waals surface area contributed by atoms with Crippen LogP contribution in [0.15, 0.2) is 79.5 Å². The van der Waals surface area contributed by atoms with Gasteiger partial charge in [-0.3, -0.25) is 0 Å². The molecule has 306 valence electrons. The van der Waals surface area contributed by atoms with Gasteiger partial charge in [0.25, 0.3) is 0 Å². The summed E-state index contributed by atoms with van der Waals surface area (Å²) in [6.45, 7) is 10.2. The summed E-state index contributed by atoms with van der Waals surface area (Å²) in [6.07, 6.45) is 20.0. The van der Waals surface area contributed by atoms with Crippen molar-refractivity contribution in [2.24, 2.45) is 65.5 Å². The van der Waals surface area contributed by atoms with Crippen molar-refractivity contribution in [1.82, 2.24) is 46.9 Å². The van der Waals surface area contributed by atoms with Crippen molar-refractivity contribution in [2.75, 3.05) is 13.2 Å². The van der Waals surface area contributed by atoms with Crippen molar-refractivity contribution in [2.45, 2.75) is 66.2 Å². The van der Waals surface area contributed by atoms with Gasteiger partial charge < -0.3 is 0 Å². The molecule has 12 rings (SSSR count). The SMILES string of the molecule is CC1CCCC(C)C1C[O][Ge]1([O]CC2C(C)CCCC2C)[n]2c3c4nccnc4c2N=C2N=C(N=c4c5nccnc5c([n]41)=NC1=NC(=N3)c3nccnc31)c1nccnc12. The zero-order chi connectivity index (χ0) is 41.0. The standard InChI is InChI=1S/C42H42GeN16O2/c1-21-7-5-8-22(2)25(21)19-60-43(61-20-26-23(3)9-6-10-24(26)4)58-39-31-32(49-16-15-48-31)41(58)56-37-29-30(47-14-13-46-29)38(53-37)57-42-34-33(50-17-18-51-34)40(59(42)43)55-36-28-27(35(52-36)54-39)44-11-12-45-28/h11-18,21-26H,5-10,19-20H2,1-4H3. The fourth-order valence-corrected chi connectivity index (χ4v) is 17.3. The van der Waals surface area contributed by atoms with E-state index in [0.29, 0.717) is 128 Å². The molecule has 4 aliphatic heterocycles. The Morgan fingerprint density at radius 2 is 0.787 bits per heavy atom. The van der Waals surface area contributed by atoms with Gasteiger partial charge in [0.1, 0.15) is 0 Å². The summed E-state index contributed by atoms with van der Waals surface area (Å²) in [5.74, 6) is 4.23. The van der Waals surface area contributed by atoms with Gasteiger partial charge in [0.15, 0.2) is 0 Å². The monoisotopic (exact) mass is 876 g/mol. The molecule has 10 heterocycles. The summed E-state index contributed by atoms with van der Waals surface area (Å²) in [7, 11) is 0. The second-order valence-corrected chi connectivity index (χ2v) is 22.6. The van der Waals surface area contributed by atoms with Crippen molar-refractivity contribution in [3.63, 3.8) is 0 Å². The molecule has 2 aliphatic carbocycles. The summed E-state index contributed by atoms with van der Waals surface area (Å²) in [5.41, 5.74) is 4.66. The second-order valence-electron chi connectivity index (χ2n) is 17.2. The molecule has 0 radical (unpaired) electrons. The number of hydrogen-bond donors (Lipinski definition) is 0. The number of aliphatic imine (C=N–C) groups is 4. The first-order chi connectivity index (χ1) is 29.9. The van der Waals surface area contributed by atoms with Crippen molar-refractivity contribution < 1.29 is 7.53 Å². The number of aromatic nitrogens is 10. The van der Waals surface area contributed by atoms with E-state index in [1.165, 1.54) is 12.8 Å². The Bertz CT molecular complexity index is 2870. The van der Waals surface area contributed by atoms with Crippen LogP contribution in [0, 0.1) is 35.5 Å². The molecule has 0 aromatic carbocycles. The molecule has 6 aromatic heterocycles. The number of nitrogens with zero attached hydrogens (tertiary/aromatic N) is 16. The average Bonchev–Trinajstić information content (AvgIpc) is 3.99. The van der Waals surface area contributed by atoms with Crippen LogP contribution in [0.4, 0.5) is 11.6 Å². The van der Waals surface area contributed by atoms with Crippen molar-refractivity contribution in [3.05, 3.63) is 83.3 Å². The minimum atomic E-state index is -5.28. The van der Waals surface area contributed by atoms with Crippen LogP contribution in [0.3, 0.4) is 0 Å². The molecule has 0 spiro atoms. The summed E-state index contributed by atoms with van der Waals surface area (Å²) >= 11 is -5.28. The molecule has 0 amide bonds. The number of fused-ring (bicyclic) bond motifs is 14. The first-order valence-corrected chi connectivity index (χ1v) is 24.9. The Hall–Kier alpha value is -5.86. The van der Waals surface area contributed by atoms with E-state index in [9.17, 15) is 0 Å². The fraction of sp³-hybridized carbons (Fsp3) is 0.429. The molecule has 6 aromatic rings. The number of hydrogen-bond acceptors (Lipinski definition) is 16. The topological polar surface area (TPSA) is 206 Å². The van der Waals surface area contributed by atoms with Gasteiger partial charge in [-0.25, -0.2) is 0 Å².